The number of nitrogens with zero attached hydrogens (tertiary/aromatic N) is 2. The number of hydrogen-bond acceptors (Lipinski definition) is 5. The van der Waals surface area contributed by atoms with Crippen molar-refractivity contribution in [2.45, 2.75) is 26.9 Å². The van der Waals surface area contributed by atoms with Crippen LogP contribution in [0.25, 0.3) is 0 Å². The highest BCUT2D eigenvalue weighted by Crippen LogP contribution is 2.24. The fourth-order valence-corrected chi connectivity index (χ4v) is 2.20. The van der Waals surface area contributed by atoms with Crippen LogP contribution in [0.15, 0.2) is 30.5 Å². The molecule has 1 heterocycles. The van der Waals surface area contributed by atoms with Crippen LogP contribution >= 0.6 is 0 Å². The highest BCUT2D eigenvalue weighted by atomic mass is 16.6. The third-order valence-corrected chi connectivity index (χ3v) is 3.36. The van der Waals surface area contributed by atoms with E-state index in [9.17, 15) is 15.2 Å². The summed E-state index contributed by atoms with van der Waals surface area (Å²) in [4.78, 5) is 14.9. The average molecular weight is 287 g/mol. The van der Waals surface area contributed by atoms with Crippen molar-refractivity contribution < 1.29 is 10.0 Å². The Kier molecular flexibility index (Phi) is 4.49. The molecule has 6 nitrogen and oxygen atoms in total. The minimum absolute atomic E-state index is 0.115. The summed E-state index contributed by atoms with van der Waals surface area (Å²) in [6, 6.07) is 7.04. The standard InChI is InChI=1S/C15H17N3O3/c1-10-7-17-13(11(2)15(10)18(20)21)9-16-8-12-5-3-4-6-14(12)19/h3-7,16,19H,8-9H2,1-2H3. The number of benzene rings is 1. The van der Waals surface area contributed by atoms with E-state index < -0.39 is 0 Å². The van der Waals surface area contributed by atoms with E-state index in [0.717, 1.165) is 5.56 Å². The molecule has 0 aliphatic carbocycles. The molecule has 21 heavy (non-hydrogen) atoms. The zero-order chi connectivity index (χ0) is 15.4. The van der Waals surface area contributed by atoms with Crippen LogP contribution in [0.4, 0.5) is 5.69 Å². The van der Waals surface area contributed by atoms with Gasteiger partial charge in [-0.1, -0.05) is 18.2 Å². The van der Waals surface area contributed by atoms with Crippen LogP contribution in [0, 0.1) is 24.0 Å². The van der Waals surface area contributed by atoms with Crippen LogP contribution in [0.3, 0.4) is 0 Å². The Morgan fingerprint density at radius 1 is 1.29 bits per heavy atom. The summed E-state index contributed by atoms with van der Waals surface area (Å²) >= 11 is 0. The SMILES string of the molecule is Cc1cnc(CNCc2ccccc2O)c(C)c1[N+](=O)[O-]. The van der Waals surface area contributed by atoms with Gasteiger partial charge in [-0.25, -0.2) is 0 Å². The monoisotopic (exact) mass is 287 g/mol. The molecule has 6 heteroatoms. The van der Waals surface area contributed by atoms with Crippen LogP contribution in [0.2, 0.25) is 0 Å². The molecule has 0 aliphatic heterocycles. The lowest BCUT2D eigenvalue weighted by molar-refractivity contribution is -0.386. The summed E-state index contributed by atoms with van der Waals surface area (Å²) in [6.07, 6.45) is 1.52. The van der Waals surface area contributed by atoms with E-state index >= 15 is 0 Å². The minimum atomic E-state index is -0.376. The summed E-state index contributed by atoms with van der Waals surface area (Å²) in [5.41, 5.74) is 2.66. The molecule has 0 bridgehead atoms. The molecule has 0 saturated carbocycles. The summed E-state index contributed by atoms with van der Waals surface area (Å²) in [5, 5.41) is 23.9. The van der Waals surface area contributed by atoms with Crippen LogP contribution in [-0.2, 0) is 13.1 Å². The maximum absolute atomic E-state index is 11.1. The zero-order valence-electron chi connectivity index (χ0n) is 12.0. The van der Waals surface area contributed by atoms with Crippen LogP contribution in [0.5, 0.6) is 5.75 Å². The van der Waals surface area contributed by atoms with E-state index in [1.165, 1.54) is 6.20 Å². The van der Waals surface area contributed by atoms with Gasteiger partial charge in [0.2, 0.25) is 0 Å². The highest BCUT2D eigenvalue weighted by molar-refractivity contribution is 5.47. The number of aryl methyl sites for hydroxylation is 1. The second-order valence-electron chi connectivity index (χ2n) is 4.85. The number of nitro groups is 1. The lowest BCUT2D eigenvalue weighted by Crippen LogP contribution is -2.15. The Hall–Kier alpha value is -2.47. The number of nitrogens with one attached hydrogen (secondary N) is 1. The lowest BCUT2D eigenvalue weighted by atomic mass is 10.1. The molecule has 2 aromatic rings. The Morgan fingerprint density at radius 3 is 2.67 bits per heavy atom. The molecular weight excluding hydrogens is 270 g/mol. The van der Waals surface area contributed by atoms with Crippen molar-refractivity contribution in [3.05, 3.63) is 63.0 Å². The van der Waals surface area contributed by atoms with Gasteiger partial charge in [-0.2, -0.15) is 0 Å². The van der Waals surface area contributed by atoms with Gasteiger partial charge in [-0.05, 0) is 19.9 Å². The first kappa shape index (κ1) is 14.9. The number of pyridine rings is 1. The predicted octanol–water partition coefficient (Wildman–Crippen LogP) is 2.60. The fraction of sp³-hybridized carbons (Fsp3) is 0.267. The van der Waals surface area contributed by atoms with E-state index in [2.05, 4.69) is 10.3 Å². The topological polar surface area (TPSA) is 88.3 Å². The average Bonchev–Trinajstić information content (AvgIpc) is 2.43. The summed E-state index contributed by atoms with van der Waals surface area (Å²) in [5.74, 6) is 0.226. The molecule has 2 rings (SSSR count). The molecule has 0 aliphatic rings. The van der Waals surface area contributed by atoms with Crippen LogP contribution in [-0.4, -0.2) is 15.0 Å². The highest BCUT2D eigenvalue weighted by Gasteiger charge is 2.18. The second-order valence-corrected chi connectivity index (χ2v) is 4.85. The van der Waals surface area contributed by atoms with Crippen molar-refractivity contribution in [1.82, 2.24) is 10.3 Å². The van der Waals surface area contributed by atoms with Crippen molar-refractivity contribution in [3.8, 4) is 5.75 Å². The molecule has 0 unspecified atom stereocenters. The van der Waals surface area contributed by atoms with Crippen molar-refractivity contribution in [3.63, 3.8) is 0 Å². The molecule has 0 spiro atoms. The molecule has 0 saturated heterocycles. The molecule has 1 aromatic heterocycles. The Labute approximate surface area is 122 Å². The third kappa shape index (κ3) is 3.35. The smallest absolute Gasteiger partial charge is 0.278 e. The number of phenols is 1. The molecular formula is C15H17N3O3. The van der Waals surface area contributed by atoms with Crippen LogP contribution in [0.1, 0.15) is 22.4 Å². The van der Waals surface area contributed by atoms with Gasteiger partial charge in [-0.15, -0.1) is 0 Å². The number of para-hydroxylation sites is 1. The van der Waals surface area contributed by atoms with E-state index in [0.29, 0.717) is 29.9 Å². The first-order chi connectivity index (χ1) is 10.0. The first-order valence-electron chi connectivity index (χ1n) is 6.57. The molecule has 0 radical (unpaired) electrons. The van der Waals surface area contributed by atoms with Crippen molar-refractivity contribution in [2.75, 3.05) is 0 Å². The number of hydrogen-bond donors (Lipinski definition) is 2. The van der Waals surface area contributed by atoms with Gasteiger partial charge in [0.05, 0.1) is 10.6 Å². The summed E-state index contributed by atoms with van der Waals surface area (Å²) in [6.45, 7) is 4.25. The quantitative estimate of drug-likeness (QED) is 0.652. The van der Waals surface area contributed by atoms with Crippen LogP contribution < -0.4 is 5.32 Å². The minimum Gasteiger partial charge on any atom is -0.508 e. The molecule has 1 aromatic carbocycles. The zero-order valence-corrected chi connectivity index (χ0v) is 12.0. The first-order valence-corrected chi connectivity index (χ1v) is 6.57. The largest absolute Gasteiger partial charge is 0.508 e. The molecule has 0 atom stereocenters. The van der Waals surface area contributed by atoms with Crippen molar-refractivity contribution >= 4 is 5.69 Å². The van der Waals surface area contributed by atoms with Gasteiger partial charge >= 0.3 is 0 Å². The van der Waals surface area contributed by atoms with Crippen molar-refractivity contribution in [1.29, 1.82) is 0 Å². The van der Waals surface area contributed by atoms with Gasteiger partial charge in [0.1, 0.15) is 5.75 Å². The summed E-state index contributed by atoms with van der Waals surface area (Å²) in [7, 11) is 0. The Morgan fingerprint density at radius 2 is 2.00 bits per heavy atom. The fourth-order valence-electron chi connectivity index (χ4n) is 2.20. The van der Waals surface area contributed by atoms with Gasteiger partial charge in [0.25, 0.3) is 5.69 Å². The predicted molar refractivity (Wildman–Crippen MR) is 79.0 cm³/mol. The third-order valence-electron chi connectivity index (χ3n) is 3.36. The summed E-state index contributed by atoms with van der Waals surface area (Å²) < 4.78 is 0. The normalized spacial score (nSPS) is 10.6. The maximum Gasteiger partial charge on any atom is 0.278 e. The van der Waals surface area contributed by atoms with E-state index in [-0.39, 0.29) is 16.4 Å². The van der Waals surface area contributed by atoms with Gasteiger partial charge in [-0.3, -0.25) is 15.1 Å². The maximum atomic E-state index is 11.1. The Bertz CT molecular complexity index is 671. The number of aromatic hydroxyl groups is 1. The lowest BCUT2D eigenvalue weighted by Gasteiger charge is -2.09. The number of rotatable bonds is 5. The number of phenolic OH excluding ortho intramolecular Hbond substituents is 1. The second kappa shape index (κ2) is 6.32. The number of aromatic nitrogens is 1. The molecule has 110 valence electrons. The van der Waals surface area contributed by atoms with Gasteiger partial charge in [0, 0.05) is 36.0 Å². The van der Waals surface area contributed by atoms with Crippen molar-refractivity contribution in [2.24, 2.45) is 0 Å². The Balaban J connectivity index is 2.09. The van der Waals surface area contributed by atoms with E-state index in [1.807, 2.05) is 12.1 Å². The van der Waals surface area contributed by atoms with E-state index in [4.69, 9.17) is 0 Å². The van der Waals surface area contributed by atoms with Gasteiger partial charge < -0.3 is 10.4 Å². The molecule has 0 fully saturated rings. The molecule has 2 N–H and O–H groups in total. The van der Waals surface area contributed by atoms with Gasteiger partial charge in [0.15, 0.2) is 0 Å². The van der Waals surface area contributed by atoms with E-state index in [1.54, 1.807) is 26.0 Å². The molecule has 0 amide bonds.